The van der Waals surface area contributed by atoms with E-state index in [-0.39, 0.29) is 17.2 Å². The lowest BCUT2D eigenvalue weighted by Gasteiger charge is -2.35. The molecule has 174 valence electrons. The van der Waals surface area contributed by atoms with Gasteiger partial charge in [-0.3, -0.25) is 9.36 Å². The van der Waals surface area contributed by atoms with Crippen molar-refractivity contribution in [2.45, 2.75) is 37.3 Å². The molecule has 3 heterocycles. The van der Waals surface area contributed by atoms with Crippen molar-refractivity contribution in [3.05, 3.63) is 60.4 Å². The molecule has 4 rings (SSSR count). The van der Waals surface area contributed by atoms with Gasteiger partial charge in [-0.25, -0.2) is 23.4 Å². The normalized spacial score (nSPS) is 14.7. The molecule has 1 aliphatic rings. The van der Waals surface area contributed by atoms with Gasteiger partial charge >= 0.3 is 0 Å². The van der Waals surface area contributed by atoms with Gasteiger partial charge in [-0.15, -0.1) is 0 Å². The summed E-state index contributed by atoms with van der Waals surface area (Å²) in [6, 6.07) is 8.56. The van der Waals surface area contributed by atoms with E-state index in [1.54, 1.807) is 50.6 Å². The molecule has 0 saturated carbocycles. The number of hydrogen-bond donors (Lipinski definition) is 0. The first-order valence-electron chi connectivity index (χ1n) is 10.9. The van der Waals surface area contributed by atoms with Gasteiger partial charge < -0.3 is 9.80 Å². The van der Waals surface area contributed by atoms with Gasteiger partial charge in [-0.2, -0.15) is 0 Å². The van der Waals surface area contributed by atoms with Crippen LogP contribution in [0.4, 0.5) is 5.82 Å². The van der Waals surface area contributed by atoms with Crippen molar-refractivity contribution in [2.75, 3.05) is 31.1 Å². The Bertz CT molecular complexity index is 1220. The lowest BCUT2D eigenvalue weighted by Crippen LogP contribution is -2.49. The van der Waals surface area contributed by atoms with E-state index in [0.717, 1.165) is 17.2 Å². The van der Waals surface area contributed by atoms with Crippen molar-refractivity contribution in [1.29, 1.82) is 0 Å². The van der Waals surface area contributed by atoms with Crippen molar-refractivity contribution >= 4 is 21.6 Å². The lowest BCUT2D eigenvalue weighted by molar-refractivity contribution is -0.130. The number of piperazine rings is 1. The van der Waals surface area contributed by atoms with Gasteiger partial charge in [-0.1, -0.05) is 12.1 Å². The molecule has 33 heavy (non-hydrogen) atoms. The minimum absolute atomic E-state index is 0.0343. The van der Waals surface area contributed by atoms with E-state index in [2.05, 4.69) is 19.9 Å². The second kappa shape index (κ2) is 9.30. The van der Waals surface area contributed by atoms with Crippen molar-refractivity contribution in [3.8, 4) is 5.82 Å². The Morgan fingerprint density at radius 2 is 1.70 bits per heavy atom. The highest BCUT2D eigenvalue weighted by molar-refractivity contribution is 7.92. The van der Waals surface area contributed by atoms with Crippen LogP contribution in [0.3, 0.4) is 0 Å². The van der Waals surface area contributed by atoms with Gasteiger partial charge in [0.15, 0.2) is 9.84 Å². The van der Waals surface area contributed by atoms with Crippen molar-refractivity contribution in [1.82, 2.24) is 24.4 Å². The van der Waals surface area contributed by atoms with E-state index >= 15 is 0 Å². The van der Waals surface area contributed by atoms with Crippen LogP contribution < -0.4 is 4.90 Å². The molecule has 1 aromatic carbocycles. The maximum absolute atomic E-state index is 12.8. The van der Waals surface area contributed by atoms with Crippen LogP contribution in [0.2, 0.25) is 0 Å². The van der Waals surface area contributed by atoms with Gasteiger partial charge in [0.05, 0.1) is 16.6 Å². The number of hydrogen-bond acceptors (Lipinski definition) is 7. The highest BCUT2D eigenvalue weighted by Gasteiger charge is 2.23. The third kappa shape index (κ3) is 5.05. The number of sulfone groups is 1. The molecule has 1 saturated heterocycles. The summed E-state index contributed by atoms with van der Waals surface area (Å²) in [6.45, 7) is 7.74. The van der Waals surface area contributed by atoms with Gasteiger partial charge in [0.2, 0.25) is 5.91 Å². The molecule has 0 N–H and O–H groups in total. The van der Waals surface area contributed by atoms with E-state index in [0.29, 0.717) is 32.0 Å². The van der Waals surface area contributed by atoms with Crippen LogP contribution >= 0.6 is 0 Å². The first kappa shape index (κ1) is 22.9. The molecule has 1 aliphatic heterocycles. The van der Waals surface area contributed by atoms with Crippen LogP contribution in [0.25, 0.3) is 5.82 Å². The minimum atomic E-state index is -3.31. The third-order valence-electron chi connectivity index (χ3n) is 5.76. The van der Waals surface area contributed by atoms with Crippen LogP contribution in [0.15, 0.2) is 53.9 Å². The van der Waals surface area contributed by atoms with Crippen molar-refractivity contribution in [3.63, 3.8) is 0 Å². The van der Waals surface area contributed by atoms with Gasteiger partial charge in [0.25, 0.3) is 0 Å². The standard InChI is InChI=1S/C23H28N6O3S/c1-17(2)33(31,32)20-6-4-19(5-7-20)14-23(30)28-12-10-27(11-13-28)21-15-22(26-18(3)25-21)29-9-8-24-16-29/h4-9,15-17H,10-14H2,1-3H3. The quantitative estimate of drug-likeness (QED) is 0.546. The summed E-state index contributed by atoms with van der Waals surface area (Å²) in [5, 5.41) is -0.476. The molecule has 1 amide bonds. The molecule has 10 heteroatoms. The van der Waals surface area contributed by atoms with Gasteiger partial charge in [-0.05, 0) is 38.5 Å². The summed E-state index contributed by atoms with van der Waals surface area (Å²) in [4.78, 5) is 30.2. The summed E-state index contributed by atoms with van der Waals surface area (Å²) >= 11 is 0. The Morgan fingerprint density at radius 3 is 2.30 bits per heavy atom. The number of rotatable bonds is 6. The fourth-order valence-electron chi connectivity index (χ4n) is 3.77. The number of amides is 1. The zero-order valence-corrected chi connectivity index (χ0v) is 19.9. The number of benzene rings is 1. The smallest absolute Gasteiger partial charge is 0.227 e. The SMILES string of the molecule is Cc1nc(N2CCN(C(=O)Cc3ccc(S(=O)(=O)C(C)C)cc3)CC2)cc(-n2ccnc2)n1. The van der Waals surface area contributed by atoms with Gasteiger partial charge in [0, 0.05) is 44.6 Å². The van der Waals surface area contributed by atoms with Crippen molar-refractivity contribution < 1.29 is 13.2 Å². The fourth-order valence-corrected chi connectivity index (χ4v) is 4.83. The largest absolute Gasteiger partial charge is 0.353 e. The second-order valence-corrected chi connectivity index (χ2v) is 10.9. The Kier molecular flexibility index (Phi) is 6.46. The van der Waals surface area contributed by atoms with Crippen LogP contribution in [0, 0.1) is 6.92 Å². The number of aryl methyl sites for hydroxylation is 1. The number of carbonyl (C=O) groups excluding carboxylic acids is 1. The van der Waals surface area contributed by atoms with Crippen LogP contribution in [0.5, 0.6) is 0 Å². The van der Waals surface area contributed by atoms with E-state index in [1.807, 2.05) is 28.7 Å². The summed E-state index contributed by atoms with van der Waals surface area (Å²) in [7, 11) is -3.31. The van der Waals surface area contributed by atoms with E-state index in [1.165, 1.54) is 0 Å². The first-order valence-corrected chi connectivity index (χ1v) is 12.5. The fraction of sp³-hybridized carbons (Fsp3) is 0.391. The highest BCUT2D eigenvalue weighted by atomic mass is 32.2. The van der Waals surface area contributed by atoms with Crippen LogP contribution in [-0.2, 0) is 21.1 Å². The summed E-state index contributed by atoms with van der Waals surface area (Å²) < 4.78 is 26.4. The summed E-state index contributed by atoms with van der Waals surface area (Å²) in [5.74, 6) is 2.31. The maximum atomic E-state index is 12.8. The molecule has 0 unspecified atom stereocenters. The van der Waals surface area contributed by atoms with Crippen LogP contribution in [-0.4, -0.2) is 70.2 Å². The zero-order chi connectivity index (χ0) is 23.6. The Balaban J connectivity index is 1.37. The Hall–Kier alpha value is -3.27. The predicted octanol–water partition coefficient (Wildman–Crippen LogP) is 2.04. The molecule has 2 aromatic heterocycles. The van der Waals surface area contributed by atoms with Crippen molar-refractivity contribution in [2.24, 2.45) is 0 Å². The summed E-state index contributed by atoms with van der Waals surface area (Å²) in [6.07, 6.45) is 5.50. The summed E-state index contributed by atoms with van der Waals surface area (Å²) in [5.41, 5.74) is 0.807. The molecule has 0 aliphatic carbocycles. The molecular weight excluding hydrogens is 440 g/mol. The minimum Gasteiger partial charge on any atom is -0.353 e. The van der Waals surface area contributed by atoms with Crippen LogP contribution in [0.1, 0.15) is 25.2 Å². The molecule has 0 bridgehead atoms. The van der Waals surface area contributed by atoms with E-state index in [4.69, 9.17) is 0 Å². The number of anilines is 1. The highest BCUT2D eigenvalue weighted by Crippen LogP contribution is 2.19. The maximum Gasteiger partial charge on any atom is 0.227 e. The molecule has 0 radical (unpaired) electrons. The predicted molar refractivity (Wildman–Crippen MR) is 125 cm³/mol. The molecule has 1 fully saturated rings. The van der Waals surface area contributed by atoms with E-state index < -0.39 is 15.1 Å². The number of carbonyl (C=O) groups is 1. The second-order valence-electron chi connectivity index (χ2n) is 8.38. The number of aromatic nitrogens is 4. The molecule has 3 aromatic rings. The Morgan fingerprint density at radius 1 is 1.03 bits per heavy atom. The van der Waals surface area contributed by atoms with Gasteiger partial charge in [0.1, 0.15) is 23.8 Å². The molecule has 0 atom stereocenters. The number of imidazole rings is 1. The average molecular weight is 469 g/mol. The monoisotopic (exact) mass is 468 g/mol. The topological polar surface area (TPSA) is 101 Å². The zero-order valence-electron chi connectivity index (χ0n) is 19.0. The Labute approximate surface area is 194 Å². The van der Waals surface area contributed by atoms with E-state index in [9.17, 15) is 13.2 Å². The third-order valence-corrected chi connectivity index (χ3v) is 7.93. The molecular formula is C23H28N6O3S. The molecule has 0 spiro atoms. The average Bonchev–Trinajstić information content (AvgIpc) is 3.34. The number of nitrogens with zero attached hydrogens (tertiary/aromatic N) is 6. The lowest BCUT2D eigenvalue weighted by atomic mass is 10.1. The first-order chi connectivity index (χ1) is 15.7. The molecule has 9 nitrogen and oxygen atoms in total.